The summed E-state index contributed by atoms with van der Waals surface area (Å²) in [7, 11) is 2.96. The molecule has 4 rings (SSSR count). The molecule has 8 nitrogen and oxygen atoms in total. The van der Waals surface area contributed by atoms with Gasteiger partial charge in [0, 0.05) is 13.1 Å². The van der Waals surface area contributed by atoms with Crippen LogP contribution in [0.15, 0.2) is 47.3 Å². The van der Waals surface area contributed by atoms with Gasteiger partial charge in [0.1, 0.15) is 17.1 Å². The summed E-state index contributed by atoms with van der Waals surface area (Å²) in [4.78, 5) is 33.7. The van der Waals surface area contributed by atoms with Gasteiger partial charge in [-0.25, -0.2) is 23.7 Å². The predicted molar refractivity (Wildman–Crippen MR) is 110 cm³/mol. The monoisotopic (exact) mass is 427 g/mol. The lowest BCUT2D eigenvalue weighted by Crippen LogP contribution is -2.21. The first-order chi connectivity index (χ1) is 14.3. The van der Waals surface area contributed by atoms with Gasteiger partial charge in [0.15, 0.2) is 17.2 Å². The van der Waals surface area contributed by atoms with Gasteiger partial charge in [0.25, 0.3) is 5.91 Å². The van der Waals surface area contributed by atoms with Crippen LogP contribution in [0.2, 0.25) is 5.02 Å². The van der Waals surface area contributed by atoms with E-state index in [0.29, 0.717) is 11.4 Å². The Kier molecular flexibility index (Phi) is 4.75. The molecule has 152 valence electrons. The first-order valence-electron chi connectivity index (χ1n) is 8.71. The van der Waals surface area contributed by atoms with Crippen molar-refractivity contribution in [3.63, 3.8) is 0 Å². The van der Waals surface area contributed by atoms with Crippen molar-refractivity contribution in [1.82, 2.24) is 19.1 Å². The number of hydrogen-bond donors (Lipinski definition) is 1. The second-order valence-corrected chi connectivity index (χ2v) is 6.81. The molecule has 1 amide bonds. The van der Waals surface area contributed by atoms with Crippen LogP contribution in [-0.2, 0) is 7.05 Å². The summed E-state index contributed by atoms with van der Waals surface area (Å²) in [5.41, 5.74) is 5.32. The normalized spacial score (nSPS) is 11.1. The summed E-state index contributed by atoms with van der Waals surface area (Å²) in [5.74, 6) is -1.22. The highest BCUT2D eigenvalue weighted by molar-refractivity contribution is 6.33. The average Bonchev–Trinajstić information content (AvgIpc) is 2.97. The third-order valence-electron chi connectivity index (χ3n) is 4.62. The van der Waals surface area contributed by atoms with Crippen molar-refractivity contribution < 1.29 is 13.9 Å². The van der Waals surface area contributed by atoms with Gasteiger partial charge in [-0.1, -0.05) is 23.7 Å². The Hall–Kier alpha value is -3.72. The quantitative estimate of drug-likeness (QED) is 0.539. The highest BCUT2D eigenvalue weighted by Crippen LogP contribution is 2.30. The van der Waals surface area contributed by atoms with Gasteiger partial charge in [0.2, 0.25) is 0 Å². The van der Waals surface area contributed by atoms with E-state index in [1.54, 1.807) is 24.3 Å². The number of aryl methyl sites for hydroxylation is 1. The Balaban J connectivity index is 2.15. The van der Waals surface area contributed by atoms with E-state index >= 15 is 0 Å². The van der Waals surface area contributed by atoms with Crippen LogP contribution < -0.4 is 16.2 Å². The Labute approximate surface area is 174 Å². The molecule has 2 heterocycles. The number of benzene rings is 2. The number of nitrogens with two attached hydrogens (primary N) is 1. The number of aromatic nitrogens is 4. The van der Waals surface area contributed by atoms with Crippen LogP contribution in [0.25, 0.3) is 28.2 Å². The fourth-order valence-corrected chi connectivity index (χ4v) is 3.47. The van der Waals surface area contributed by atoms with E-state index in [1.165, 1.54) is 41.5 Å². The van der Waals surface area contributed by atoms with Crippen molar-refractivity contribution in [3.05, 3.63) is 69.5 Å². The van der Waals surface area contributed by atoms with Crippen LogP contribution in [0.4, 0.5) is 4.39 Å². The molecule has 0 unspecified atom stereocenters. The van der Waals surface area contributed by atoms with Gasteiger partial charge in [-0.2, -0.15) is 0 Å². The number of methoxy groups -OCH3 is 1. The van der Waals surface area contributed by atoms with Gasteiger partial charge >= 0.3 is 5.69 Å². The lowest BCUT2D eigenvalue weighted by molar-refractivity contribution is 0.0997. The molecule has 0 bridgehead atoms. The first-order valence-corrected chi connectivity index (χ1v) is 9.09. The Morgan fingerprint density at radius 3 is 2.60 bits per heavy atom. The third-order valence-corrected chi connectivity index (χ3v) is 4.94. The largest absolute Gasteiger partial charge is 0.497 e. The maximum Gasteiger partial charge on any atom is 0.334 e. The zero-order chi connectivity index (χ0) is 21.6. The first kappa shape index (κ1) is 19.6. The fourth-order valence-electron chi connectivity index (χ4n) is 3.22. The molecular formula is C20H15ClFN5O3. The average molecular weight is 428 g/mol. The molecule has 0 aliphatic rings. The molecule has 0 aliphatic carbocycles. The minimum absolute atomic E-state index is 0.0518. The smallest absolute Gasteiger partial charge is 0.334 e. The number of nitrogens with zero attached hydrogens (tertiary/aromatic N) is 4. The Morgan fingerprint density at radius 2 is 1.93 bits per heavy atom. The molecule has 0 radical (unpaired) electrons. The van der Waals surface area contributed by atoms with E-state index in [0.717, 1.165) is 0 Å². The van der Waals surface area contributed by atoms with Crippen molar-refractivity contribution in [3.8, 4) is 22.8 Å². The van der Waals surface area contributed by atoms with Gasteiger partial charge in [-0.15, -0.1) is 0 Å². The standard InChI is InChI=1S/C20H15ClFN5O3/c1-26-16-15(17(23)28)24-18(14-12(21)7-4-8-13(14)22)25-19(16)27(20(26)29)10-5-3-6-11(9-10)30-2/h3-9H,1-2H3,(H2,23,28). The number of rotatable bonds is 4. The molecular weight excluding hydrogens is 413 g/mol. The number of halogens is 2. The van der Waals surface area contributed by atoms with E-state index in [9.17, 15) is 14.0 Å². The molecule has 10 heteroatoms. The highest BCUT2D eigenvalue weighted by atomic mass is 35.5. The molecule has 4 aromatic rings. The van der Waals surface area contributed by atoms with Crippen molar-refractivity contribution in [1.29, 1.82) is 0 Å². The minimum Gasteiger partial charge on any atom is -0.497 e. The second kappa shape index (κ2) is 7.27. The number of fused-ring (bicyclic) bond motifs is 1. The summed E-state index contributed by atoms with van der Waals surface area (Å²) in [6.07, 6.45) is 0. The van der Waals surface area contributed by atoms with E-state index in [2.05, 4.69) is 9.97 Å². The van der Waals surface area contributed by atoms with Crippen LogP contribution in [-0.4, -0.2) is 32.1 Å². The van der Waals surface area contributed by atoms with Crippen molar-refractivity contribution in [2.75, 3.05) is 7.11 Å². The van der Waals surface area contributed by atoms with Crippen LogP contribution >= 0.6 is 11.6 Å². The molecule has 0 spiro atoms. The molecule has 0 fully saturated rings. The summed E-state index contributed by atoms with van der Waals surface area (Å²) >= 11 is 6.15. The molecule has 0 aliphatic heterocycles. The SMILES string of the molecule is COc1cccc(-n2c(=O)n(C)c3c(C(N)=O)nc(-c4c(F)cccc4Cl)nc32)c1. The lowest BCUT2D eigenvalue weighted by atomic mass is 10.2. The van der Waals surface area contributed by atoms with E-state index in [4.69, 9.17) is 22.1 Å². The van der Waals surface area contributed by atoms with Crippen LogP contribution in [0.5, 0.6) is 5.75 Å². The Bertz CT molecular complexity index is 1360. The number of imidazole rings is 1. The molecule has 30 heavy (non-hydrogen) atoms. The summed E-state index contributed by atoms with van der Waals surface area (Å²) in [6, 6.07) is 10.8. The zero-order valence-corrected chi connectivity index (χ0v) is 16.6. The van der Waals surface area contributed by atoms with Crippen LogP contribution in [0.1, 0.15) is 10.5 Å². The summed E-state index contributed by atoms with van der Waals surface area (Å²) in [6.45, 7) is 0. The van der Waals surface area contributed by atoms with E-state index in [-0.39, 0.29) is 33.3 Å². The molecule has 2 N–H and O–H groups in total. The molecule has 2 aromatic heterocycles. The number of hydrogen-bond acceptors (Lipinski definition) is 5. The number of amides is 1. The van der Waals surface area contributed by atoms with Gasteiger partial charge in [0.05, 0.1) is 23.4 Å². The van der Waals surface area contributed by atoms with Crippen molar-refractivity contribution in [2.24, 2.45) is 12.8 Å². The van der Waals surface area contributed by atoms with E-state index in [1.807, 2.05) is 0 Å². The number of carbonyl (C=O) groups excluding carboxylic acids is 1. The van der Waals surface area contributed by atoms with Gasteiger partial charge < -0.3 is 10.5 Å². The van der Waals surface area contributed by atoms with Gasteiger partial charge in [-0.3, -0.25) is 9.36 Å². The topological polar surface area (TPSA) is 105 Å². The molecule has 0 saturated heterocycles. The number of primary amides is 1. The molecule has 0 saturated carbocycles. The Morgan fingerprint density at radius 1 is 1.20 bits per heavy atom. The number of carbonyl (C=O) groups is 1. The zero-order valence-electron chi connectivity index (χ0n) is 15.9. The number of ether oxygens (including phenoxy) is 1. The maximum absolute atomic E-state index is 14.5. The highest BCUT2D eigenvalue weighted by Gasteiger charge is 2.24. The summed E-state index contributed by atoms with van der Waals surface area (Å²) < 4.78 is 22.2. The summed E-state index contributed by atoms with van der Waals surface area (Å²) in [5, 5.41) is 0.0518. The van der Waals surface area contributed by atoms with Crippen LogP contribution in [0.3, 0.4) is 0 Å². The maximum atomic E-state index is 14.5. The van der Waals surface area contributed by atoms with E-state index < -0.39 is 17.4 Å². The minimum atomic E-state index is -0.894. The predicted octanol–water partition coefficient (Wildman–Crippen LogP) is 2.69. The van der Waals surface area contributed by atoms with Crippen molar-refractivity contribution in [2.45, 2.75) is 0 Å². The van der Waals surface area contributed by atoms with Gasteiger partial charge in [-0.05, 0) is 24.3 Å². The molecule has 0 atom stereocenters. The molecule has 2 aromatic carbocycles. The lowest BCUT2D eigenvalue weighted by Gasteiger charge is -2.09. The van der Waals surface area contributed by atoms with Crippen LogP contribution in [0, 0.1) is 5.82 Å². The third kappa shape index (κ3) is 3.00. The second-order valence-electron chi connectivity index (χ2n) is 6.41. The fraction of sp³-hybridized carbons (Fsp3) is 0.100. The van der Waals surface area contributed by atoms with Crippen molar-refractivity contribution >= 4 is 28.7 Å².